The summed E-state index contributed by atoms with van der Waals surface area (Å²) in [6.07, 6.45) is 6.67. The van der Waals surface area contributed by atoms with Gasteiger partial charge in [0.25, 0.3) is 0 Å². The fourth-order valence-electron chi connectivity index (χ4n) is 2.79. The maximum absolute atomic E-state index is 10.0. The molecule has 1 aliphatic rings. The Labute approximate surface area is 123 Å². The minimum atomic E-state index is -0.472. The Morgan fingerprint density at radius 1 is 1.20 bits per heavy atom. The average molecular weight is 287 g/mol. The third-order valence-corrected chi connectivity index (χ3v) is 4.14. The van der Waals surface area contributed by atoms with Crippen LogP contribution in [-0.4, -0.2) is 48.2 Å². The van der Waals surface area contributed by atoms with Crippen LogP contribution in [-0.2, 0) is 4.74 Å². The first-order valence-corrected chi connectivity index (χ1v) is 8.07. The van der Waals surface area contributed by atoms with E-state index in [9.17, 15) is 5.11 Å². The summed E-state index contributed by atoms with van der Waals surface area (Å²) in [7, 11) is 0. The van der Waals surface area contributed by atoms with Gasteiger partial charge in [-0.15, -0.1) is 0 Å². The summed E-state index contributed by atoms with van der Waals surface area (Å²) in [4.78, 5) is 0. The first-order chi connectivity index (χ1) is 9.43. The highest BCUT2D eigenvalue weighted by molar-refractivity contribution is 4.81. The molecule has 0 aromatic carbocycles. The van der Waals surface area contributed by atoms with Crippen LogP contribution in [0, 0.1) is 5.41 Å². The lowest BCUT2D eigenvalue weighted by atomic mass is 9.85. The molecule has 0 amide bonds. The van der Waals surface area contributed by atoms with E-state index in [1.807, 2.05) is 0 Å². The Balaban J connectivity index is 2.21. The van der Waals surface area contributed by atoms with Crippen molar-refractivity contribution in [2.24, 2.45) is 5.41 Å². The van der Waals surface area contributed by atoms with Gasteiger partial charge in [0.1, 0.15) is 0 Å². The van der Waals surface area contributed by atoms with E-state index in [0.29, 0.717) is 25.7 Å². The Morgan fingerprint density at radius 2 is 1.85 bits per heavy atom. The third kappa shape index (κ3) is 7.02. The van der Waals surface area contributed by atoms with Crippen molar-refractivity contribution in [3.8, 4) is 0 Å². The predicted molar refractivity (Wildman–Crippen MR) is 81.8 cm³/mol. The van der Waals surface area contributed by atoms with Gasteiger partial charge in [0.05, 0.1) is 18.8 Å². The smallest absolute Gasteiger partial charge is 0.0897 e. The minimum Gasteiger partial charge on any atom is -0.396 e. The van der Waals surface area contributed by atoms with Gasteiger partial charge in [-0.1, -0.05) is 40.0 Å². The second-order valence-electron chi connectivity index (χ2n) is 7.09. The lowest BCUT2D eigenvalue weighted by molar-refractivity contribution is -0.0247. The zero-order chi connectivity index (χ0) is 15.0. The van der Waals surface area contributed by atoms with E-state index < -0.39 is 6.10 Å². The molecule has 0 bridgehead atoms. The summed E-state index contributed by atoms with van der Waals surface area (Å²) >= 11 is 0. The van der Waals surface area contributed by atoms with Gasteiger partial charge in [-0.25, -0.2) is 0 Å². The zero-order valence-electron chi connectivity index (χ0n) is 13.4. The molecule has 1 aliphatic carbocycles. The topological polar surface area (TPSA) is 61.7 Å². The average Bonchev–Trinajstić information content (AvgIpc) is 2.41. The zero-order valence-corrected chi connectivity index (χ0v) is 13.4. The summed E-state index contributed by atoms with van der Waals surface area (Å²) in [5.41, 5.74) is 0.0761. The van der Waals surface area contributed by atoms with Gasteiger partial charge in [0.2, 0.25) is 0 Å². The van der Waals surface area contributed by atoms with Gasteiger partial charge in [-0.05, 0) is 24.7 Å². The van der Waals surface area contributed by atoms with E-state index in [1.165, 1.54) is 19.3 Å². The predicted octanol–water partition coefficient (Wildman–Crippen LogP) is 2.08. The quantitative estimate of drug-likeness (QED) is 0.640. The fraction of sp³-hybridized carbons (Fsp3) is 1.00. The van der Waals surface area contributed by atoms with Gasteiger partial charge in [-0.3, -0.25) is 0 Å². The van der Waals surface area contributed by atoms with Gasteiger partial charge in [0.15, 0.2) is 0 Å². The standard InChI is InChI=1S/C16H33NO3/c1-16(2,3)15(9-10-18)17-11-13(19)12-20-14-7-5-4-6-8-14/h13-15,17-19H,4-12H2,1-3H3. The van der Waals surface area contributed by atoms with Crippen LogP contribution in [0.3, 0.4) is 0 Å². The molecule has 0 aromatic heterocycles. The van der Waals surface area contributed by atoms with E-state index >= 15 is 0 Å². The van der Waals surface area contributed by atoms with Crippen LogP contribution >= 0.6 is 0 Å². The second kappa shape index (κ2) is 8.98. The molecule has 2 atom stereocenters. The molecule has 1 fully saturated rings. The van der Waals surface area contributed by atoms with Gasteiger partial charge in [-0.2, -0.15) is 0 Å². The van der Waals surface area contributed by atoms with Crippen molar-refractivity contribution in [3.05, 3.63) is 0 Å². The van der Waals surface area contributed by atoms with Crippen molar-refractivity contribution < 1.29 is 14.9 Å². The molecule has 0 radical (unpaired) electrons. The Hall–Kier alpha value is -0.160. The molecular weight excluding hydrogens is 254 g/mol. The number of ether oxygens (including phenoxy) is 1. The molecule has 4 heteroatoms. The molecule has 0 aromatic rings. The van der Waals surface area contributed by atoms with Crippen LogP contribution in [0.25, 0.3) is 0 Å². The van der Waals surface area contributed by atoms with Gasteiger partial charge >= 0.3 is 0 Å². The van der Waals surface area contributed by atoms with E-state index in [4.69, 9.17) is 9.84 Å². The molecule has 20 heavy (non-hydrogen) atoms. The first kappa shape index (κ1) is 17.9. The normalized spacial score (nSPS) is 20.9. The Kier molecular flexibility index (Phi) is 8.03. The number of aliphatic hydroxyl groups is 2. The largest absolute Gasteiger partial charge is 0.396 e. The van der Waals surface area contributed by atoms with Crippen molar-refractivity contribution >= 4 is 0 Å². The molecule has 4 nitrogen and oxygen atoms in total. The van der Waals surface area contributed by atoms with Crippen LogP contribution in [0.2, 0.25) is 0 Å². The molecule has 0 saturated heterocycles. The van der Waals surface area contributed by atoms with Crippen LogP contribution < -0.4 is 5.32 Å². The molecule has 120 valence electrons. The van der Waals surface area contributed by atoms with E-state index in [1.54, 1.807) is 0 Å². The van der Waals surface area contributed by atoms with Crippen molar-refractivity contribution in [2.75, 3.05) is 19.8 Å². The summed E-state index contributed by atoms with van der Waals surface area (Å²) < 4.78 is 5.78. The molecule has 1 rings (SSSR count). The number of nitrogens with one attached hydrogen (secondary N) is 1. The minimum absolute atomic E-state index is 0.0761. The molecule has 2 unspecified atom stereocenters. The monoisotopic (exact) mass is 287 g/mol. The summed E-state index contributed by atoms with van der Waals surface area (Å²) in [6.45, 7) is 7.54. The fourth-order valence-corrected chi connectivity index (χ4v) is 2.79. The lowest BCUT2D eigenvalue weighted by Crippen LogP contribution is -2.45. The third-order valence-electron chi connectivity index (χ3n) is 4.14. The van der Waals surface area contributed by atoms with Crippen molar-refractivity contribution in [2.45, 2.75) is 77.5 Å². The molecular formula is C16H33NO3. The van der Waals surface area contributed by atoms with Crippen molar-refractivity contribution in [1.82, 2.24) is 5.32 Å². The number of rotatable bonds is 8. The molecule has 1 saturated carbocycles. The molecule has 0 aliphatic heterocycles. The van der Waals surface area contributed by atoms with Crippen molar-refractivity contribution in [1.29, 1.82) is 0 Å². The van der Waals surface area contributed by atoms with E-state index in [2.05, 4.69) is 26.1 Å². The van der Waals surface area contributed by atoms with E-state index in [-0.39, 0.29) is 18.1 Å². The second-order valence-corrected chi connectivity index (χ2v) is 7.09. The van der Waals surface area contributed by atoms with Crippen LogP contribution in [0.1, 0.15) is 59.3 Å². The SMILES string of the molecule is CC(C)(C)C(CCO)NCC(O)COC1CCCCC1. The number of hydrogen-bond acceptors (Lipinski definition) is 4. The van der Waals surface area contributed by atoms with Crippen LogP contribution in [0.15, 0.2) is 0 Å². The first-order valence-electron chi connectivity index (χ1n) is 8.07. The maximum Gasteiger partial charge on any atom is 0.0897 e. The highest BCUT2D eigenvalue weighted by Crippen LogP contribution is 2.22. The van der Waals surface area contributed by atoms with E-state index in [0.717, 1.165) is 12.8 Å². The Morgan fingerprint density at radius 3 is 2.40 bits per heavy atom. The van der Waals surface area contributed by atoms with Crippen LogP contribution in [0.5, 0.6) is 0 Å². The number of aliphatic hydroxyl groups excluding tert-OH is 2. The summed E-state index contributed by atoms with van der Waals surface area (Å²) in [6, 6.07) is 0.205. The molecule has 0 heterocycles. The Bertz CT molecular complexity index is 247. The lowest BCUT2D eigenvalue weighted by Gasteiger charge is -2.32. The highest BCUT2D eigenvalue weighted by atomic mass is 16.5. The van der Waals surface area contributed by atoms with Crippen molar-refractivity contribution in [3.63, 3.8) is 0 Å². The van der Waals surface area contributed by atoms with Gasteiger partial charge in [0, 0.05) is 19.2 Å². The number of hydrogen-bond donors (Lipinski definition) is 3. The maximum atomic E-state index is 10.0. The molecule has 0 spiro atoms. The highest BCUT2D eigenvalue weighted by Gasteiger charge is 2.24. The summed E-state index contributed by atoms with van der Waals surface area (Å²) in [5.74, 6) is 0. The molecule has 3 N–H and O–H groups in total. The van der Waals surface area contributed by atoms with Crippen LogP contribution in [0.4, 0.5) is 0 Å². The van der Waals surface area contributed by atoms with Gasteiger partial charge < -0.3 is 20.3 Å². The summed E-state index contributed by atoms with van der Waals surface area (Å²) in [5, 5.41) is 22.5.